The third-order valence-electron chi connectivity index (χ3n) is 4.59. The highest BCUT2D eigenvalue weighted by Gasteiger charge is 2.30. The highest BCUT2D eigenvalue weighted by molar-refractivity contribution is 6.35. The Kier molecular flexibility index (Phi) is 4.85. The number of nitrogens with two attached hydrogens (primary N) is 1. The molecule has 1 aromatic carbocycles. The standard InChI is InChI=1S/C17H20Cl2N4O/c1-10(9-20)22(2)17(24)16-12-4-3-5-14(12)23(21-16)15-7-6-11(18)8-13(15)19/h6-8,10H,3-5,9,20H2,1-2H3. The third-order valence-corrected chi connectivity index (χ3v) is 5.13. The van der Waals surface area contributed by atoms with E-state index in [9.17, 15) is 4.79 Å². The molecule has 3 rings (SSSR count). The number of rotatable bonds is 4. The number of hydrogen-bond donors (Lipinski definition) is 1. The third kappa shape index (κ3) is 2.92. The van der Waals surface area contributed by atoms with Gasteiger partial charge in [0, 0.05) is 35.9 Å². The van der Waals surface area contributed by atoms with Gasteiger partial charge in [-0.3, -0.25) is 4.79 Å². The summed E-state index contributed by atoms with van der Waals surface area (Å²) >= 11 is 12.3. The SMILES string of the molecule is CC(CN)N(C)C(=O)c1nn(-c2ccc(Cl)cc2Cl)c2c1CCC2. The Labute approximate surface area is 151 Å². The van der Waals surface area contributed by atoms with Crippen LogP contribution in [0.25, 0.3) is 5.69 Å². The topological polar surface area (TPSA) is 64.2 Å². The molecule has 1 aliphatic carbocycles. The molecule has 2 aromatic rings. The molecule has 1 atom stereocenters. The zero-order chi connectivity index (χ0) is 17.4. The number of aromatic nitrogens is 2. The van der Waals surface area contributed by atoms with Gasteiger partial charge in [-0.15, -0.1) is 0 Å². The first-order valence-electron chi connectivity index (χ1n) is 7.97. The van der Waals surface area contributed by atoms with Gasteiger partial charge < -0.3 is 10.6 Å². The summed E-state index contributed by atoms with van der Waals surface area (Å²) < 4.78 is 1.79. The predicted octanol–water partition coefficient (Wildman–Crippen LogP) is 3.09. The highest BCUT2D eigenvalue weighted by Crippen LogP contribution is 2.32. The van der Waals surface area contributed by atoms with Crippen molar-refractivity contribution < 1.29 is 4.79 Å². The maximum Gasteiger partial charge on any atom is 0.274 e. The van der Waals surface area contributed by atoms with Gasteiger partial charge in [-0.2, -0.15) is 5.10 Å². The van der Waals surface area contributed by atoms with Crippen LogP contribution in [0, 0.1) is 0 Å². The van der Waals surface area contributed by atoms with Gasteiger partial charge in [0.2, 0.25) is 0 Å². The van der Waals surface area contributed by atoms with Crippen molar-refractivity contribution in [3.05, 3.63) is 45.2 Å². The van der Waals surface area contributed by atoms with Crippen molar-refractivity contribution in [2.75, 3.05) is 13.6 Å². The van der Waals surface area contributed by atoms with Crippen LogP contribution in [-0.4, -0.2) is 40.2 Å². The quantitative estimate of drug-likeness (QED) is 0.903. The molecule has 0 spiro atoms. The van der Waals surface area contributed by atoms with E-state index in [2.05, 4.69) is 5.10 Å². The van der Waals surface area contributed by atoms with Crippen LogP contribution in [0.5, 0.6) is 0 Å². The van der Waals surface area contributed by atoms with Crippen molar-refractivity contribution in [1.82, 2.24) is 14.7 Å². The molecule has 1 aliphatic rings. The highest BCUT2D eigenvalue weighted by atomic mass is 35.5. The maximum atomic E-state index is 12.8. The van der Waals surface area contributed by atoms with Crippen molar-refractivity contribution in [3.63, 3.8) is 0 Å². The van der Waals surface area contributed by atoms with Crippen LogP contribution in [0.15, 0.2) is 18.2 Å². The van der Waals surface area contributed by atoms with Gasteiger partial charge in [0.05, 0.1) is 10.7 Å². The van der Waals surface area contributed by atoms with E-state index >= 15 is 0 Å². The minimum atomic E-state index is -0.102. The molecule has 0 radical (unpaired) electrons. The van der Waals surface area contributed by atoms with Crippen LogP contribution in [0.1, 0.15) is 35.1 Å². The summed E-state index contributed by atoms with van der Waals surface area (Å²) in [7, 11) is 1.76. The van der Waals surface area contributed by atoms with E-state index in [-0.39, 0.29) is 11.9 Å². The van der Waals surface area contributed by atoms with Gasteiger partial charge >= 0.3 is 0 Å². The van der Waals surface area contributed by atoms with Gasteiger partial charge in [0.1, 0.15) is 0 Å². The molecule has 5 nitrogen and oxygen atoms in total. The average molecular weight is 367 g/mol. The lowest BCUT2D eigenvalue weighted by Gasteiger charge is -2.23. The summed E-state index contributed by atoms with van der Waals surface area (Å²) in [6, 6.07) is 5.25. The van der Waals surface area contributed by atoms with Crippen molar-refractivity contribution in [2.45, 2.75) is 32.2 Å². The number of nitrogens with zero attached hydrogens (tertiary/aromatic N) is 3. The minimum Gasteiger partial charge on any atom is -0.336 e. The van der Waals surface area contributed by atoms with E-state index in [1.807, 2.05) is 13.0 Å². The number of fused-ring (bicyclic) bond motifs is 1. The number of benzene rings is 1. The zero-order valence-electron chi connectivity index (χ0n) is 13.7. The molecule has 0 aliphatic heterocycles. The lowest BCUT2D eigenvalue weighted by atomic mass is 10.1. The summed E-state index contributed by atoms with van der Waals surface area (Å²) in [6.45, 7) is 2.33. The van der Waals surface area contributed by atoms with Gasteiger partial charge in [0.15, 0.2) is 5.69 Å². The Balaban J connectivity index is 2.07. The zero-order valence-corrected chi connectivity index (χ0v) is 15.2. The lowest BCUT2D eigenvalue weighted by molar-refractivity contribution is 0.0741. The first-order valence-corrected chi connectivity index (χ1v) is 8.73. The van der Waals surface area contributed by atoms with Crippen molar-refractivity contribution in [2.24, 2.45) is 5.73 Å². The second-order valence-corrected chi connectivity index (χ2v) is 6.98. The van der Waals surface area contributed by atoms with Crippen LogP contribution in [0.4, 0.5) is 0 Å². The molecule has 0 saturated heterocycles. The Morgan fingerprint density at radius 3 is 2.83 bits per heavy atom. The molecular formula is C17H20Cl2N4O. The minimum absolute atomic E-state index is 0.0428. The van der Waals surface area contributed by atoms with E-state index in [4.69, 9.17) is 28.9 Å². The first-order chi connectivity index (χ1) is 11.4. The van der Waals surface area contributed by atoms with E-state index in [0.717, 1.165) is 36.2 Å². The van der Waals surface area contributed by atoms with Gasteiger partial charge in [0.25, 0.3) is 5.91 Å². The molecule has 24 heavy (non-hydrogen) atoms. The fourth-order valence-electron chi connectivity index (χ4n) is 2.99. The van der Waals surface area contributed by atoms with E-state index < -0.39 is 0 Å². The Bertz CT molecular complexity index is 787. The van der Waals surface area contributed by atoms with Crippen LogP contribution in [0.2, 0.25) is 10.0 Å². The van der Waals surface area contributed by atoms with Crippen molar-refractivity contribution in [3.8, 4) is 5.69 Å². The molecular weight excluding hydrogens is 347 g/mol. The normalized spacial score (nSPS) is 14.5. The van der Waals surface area contributed by atoms with Gasteiger partial charge in [-0.25, -0.2) is 4.68 Å². The maximum absolute atomic E-state index is 12.8. The van der Waals surface area contributed by atoms with Gasteiger partial charge in [-0.1, -0.05) is 23.2 Å². The number of hydrogen-bond acceptors (Lipinski definition) is 3. The summed E-state index contributed by atoms with van der Waals surface area (Å²) in [5, 5.41) is 5.67. The molecule has 128 valence electrons. The second kappa shape index (κ2) is 6.75. The number of amides is 1. The fourth-order valence-corrected chi connectivity index (χ4v) is 3.48. The molecule has 1 heterocycles. The van der Waals surface area contributed by atoms with Crippen LogP contribution >= 0.6 is 23.2 Å². The number of carbonyl (C=O) groups excluding carboxylic acids is 1. The molecule has 1 unspecified atom stereocenters. The summed E-state index contributed by atoms with van der Waals surface area (Å²) in [5.41, 5.74) is 8.99. The van der Waals surface area contributed by atoms with Crippen LogP contribution < -0.4 is 5.73 Å². The number of carbonyl (C=O) groups is 1. The fraction of sp³-hybridized carbons (Fsp3) is 0.412. The van der Waals surface area contributed by atoms with Crippen LogP contribution in [0.3, 0.4) is 0 Å². The van der Waals surface area contributed by atoms with E-state index in [0.29, 0.717) is 22.3 Å². The molecule has 1 aromatic heterocycles. The summed E-state index contributed by atoms with van der Waals surface area (Å²) in [5.74, 6) is -0.102. The molecule has 0 saturated carbocycles. The predicted molar refractivity (Wildman–Crippen MR) is 96.2 cm³/mol. The Morgan fingerprint density at radius 2 is 2.17 bits per heavy atom. The van der Waals surface area contributed by atoms with E-state index in [1.54, 1.807) is 28.8 Å². The number of halogens is 2. The summed E-state index contributed by atoms with van der Waals surface area (Å²) in [6.07, 6.45) is 2.74. The van der Waals surface area contributed by atoms with Crippen molar-refractivity contribution >= 4 is 29.1 Å². The first kappa shape index (κ1) is 17.3. The van der Waals surface area contributed by atoms with E-state index in [1.165, 1.54) is 0 Å². The smallest absolute Gasteiger partial charge is 0.274 e. The largest absolute Gasteiger partial charge is 0.336 e. The molecule has 1 amide bonds. The lowest BCUT2D eigenvalue weighted by Crippen LogP contribution is -2.40. The van der Waals surface area contributed by atoms with Crippen LogP contribution in [-0.2, 0) is 12.8 Å². The second-order valence-electron chi connectivity index (χ2n) is 6.14. The Morgan fingerprint density at radius 1 is 1.42 bits per heavy atom. The Hall–Kier alpha value is -1.56. The molecule has 7 heteroatoms. The molecule has 2 N–H and O–H groups in total. The monoisotopic (exact) mass is 366 g/mol. The summed E-state index contributed by atoms with van der Waals surface area (Å²) in [4.78, 5) is 14.5. The molecule has 0 fully saturated rings. The molecule has 0 bridgehead atoms. The van der Waals surface area contributed by atoms with Crippen molar-refractivity contribution in [1.29, 1.82) is 0 Å². The number of likely N-dealkylation sites (N-methyl/N-ethyl adjacent to an activating group) is 1. The average Bonchev–Trinajstić information content (AvgIpc) is 3.15. The van der Waals surface area contributed by atoms with Gasteiger partial charge in [-0.05, 0) is 44.4 Å².